The standard InChI is InChI=1S/C6H3BrN2O2S/c7-2-1-12-4-3(2)8-6(11)9-5(4)10/h1H,(H2,8,9,10,11). The third-order valence-electron chi connectivity index (χ3n) is 1.42. The first kappa shape index (κ1) is 7.75. The molecule has 2 rings (SSSR count). The quantitative estimate of drug-likeness (QED) is 0.730. The molecule has 0 saturated heterocycles. The van der Waals surface area contributed by atoms with Gasteiger partial charge in [0.2, 0.25) is 0 Å². The summed E-state index contributed by atoms with van der Waals surface area (Å²) >= 11 is 4.51. The molecule has 2 aromatic heterocycles. The van der Waals surface area contributed by atoms with Gasteiger partial charge in [0.25, 0.3) is 5.56 Å². The van der Waals surface area contributed by atoms with Crippen molar-refractivity contribution in [2.45, 2.75) is 0 Å². The summed E-state index contributed by atoms with van der Waals surface area (Å²) in [5.41, 5.74) is -0.259. The van der Waals surface area contributed by atoms with E-state index in [0.717, 1.165) is 4.47 Å². The van der Waals surface area contributed by atoms with Gasteiger partial charge >= 0.3 is 5.69 Å². The number of rotatable bonds is 0. The van der Waals surface area contributed by atoms with E-state index in [9.17, 15) is 9.59 Å². The highest BCUT2D eigenvalue weighted by atomic mass is 79.9. The minimum atomic E-state index is -0.480. The number of hydrogen-bond acceptors (Lipinski definition) is 3. The molecule has 0 aliphatic heterocycles. The number of thiophene rings is 1. The van der Waals surface area contributed by atoms with Gasteiger partial charge in [0, 0.05) is 5.38 Å². The summed E-state index contributed by atoms with van der Waals surface area (Å²) in [6.45, 7) is 0. The van der Waals surface area contributed by atoms with Gasteiger partial charge in [-0.15, -0.1) is 11.3 Å². The summed E-state index contributed by atoms with van der Waals surface area (Å²) in [6, 6.07) is 0. The molecule has 2 N–H and O–H groups in total. The number of nitrogens with one attached hydrogen (secondary N) is 2. The van der Waals surface area contributed by atoms with Crippen molar-refractivity contribution < 1.29 is 0 Å². The molecule has 0 saturated carbocycles. The van der Waals surface area contributed by atoms with Crippen molar-refractivity contribution >= 4 is 37.5 Å². The predicted octanol–water partition coefficient (Wildman–Crippen LogP) is 1.04. The molecule has 12 heavy (non-hydrogen) atoms. The fourth-order valence-electron chi connectivity index (χ4n) is 0.925. The van der Waals surface area contributed by atoms with E-state index in [1.165, 1.54) is 11.3 Å². The Hall–Kier alpha value is -0.880. The summed E-state index contributed by atoms with van der Waals surface area (Å²) in [7, 11) is 0. The van der Waals surface area contributed by atoms with Gasteiger partial charge in [0.15, 0.2) is 0 Å². The van der Waals surface area contributed by atoms with Crippen molar-refractivity contribution in [3.8, 4) is 0 Å². The van der Waals surface area contributed by atoms with Crippen LogP contribution in [-0.2, 0) is 0 Å². The van der Waals surface area contributed by atoms with E-state index < -0.39 is 5.69 Å². The molecule has 0 amide bonds. The number of halogens is 1. The molecule has 2 heterocycles. The molecule has 0 atom stereocenters. The predicted molar refractivity (Wildman–Crippen MR) is 50.8 cm³/mol. The second kappa shape index (κ2) is 2.56. The van der Waals surface area contributed by atoms with Gasteiger partial charge in [0.05, 0.1) is 9.99 Å². The summed E-state index contributed by atoms with van der Waals surface area (Å²) in [6.07, 6.45) is 0. The smallest absolute Gasteiger partial charge is 0.305 e. The molecule has 0 bridgehead atoms. The molecule has 4 nitrogen and oxygen atoms in total. The first-order chi connectivity index (χ1) is 5.68. The van der Waals surface area contributed by atoms with Crippen LogP contribution in [0.2, 0.25) is 0 Å². The van der Waals surface area contributed by atoms with Crippen molar-refractivity contribution in [1.29, 1.82) is 0 Å². The lowest BCUT2D eigenvalue weighted by molar-refractivity contribution is 1.09. The average molecular weight is 247 g/mol. The Kier molecular flexibility index (Phi) is 1.66. The molecule has 62 valence electrons. The molecular formula is C6H3BrN2O2S. The van der Waals surface area contributed by atoms with Crippen molar-refractivity contribution in [2.24, 2.45) is 0 Å². The molecule has 2 aromatic rings. The van der Waals surface area contributed by atoms with Crippen LogP contribution in [-0.4, -0.2) is 9.97 Å². The number of fused-ring (bicyclic) bond motifs is 1. The van der Waals surface area contributed by atoms with E-state index in [1.54, 1.807) is 5.38 Å². The maximum absolute atomic E-state index is 11.1. The van der Waals surface area contributed by atoms with Gasteiger partial charge < -0.3 is 4.98 Å². The molecule has 0 aromatic carbocycles. The highest BCUT2D eigenvalue weighted by molar-refractivity contribution is 9.10. The summed E-state index contributed by atoms with van der Waals surface area (Å²) in [5.74, 6) is 0. The largest absolute Gasteiger partial charge is 0.326 e. The second-order valence-corrected chi connectivity index (χ2v) is 3.93. The van der Waals surface area contributed by atoms with Gasteiger partial charge in [-0.2, -0.15) is 0 Å². The molecule has 0 fully saturated rings. The van der Waals surface area contributed by atoms with Crippen LogP contribution in [0.4, 0.5) is 0 Å². The molecule has 0 aliphatic carbocycles. The van der Waals surface area contributed by atoms with Gasteiger partial charge in [-0.25, -0.2) is 4.79 Å². The molecule has 6 heteroatoms. The maximum atomic E-state index is 11.1. The molecule has 0 spiro atoms. The summed E-state index contributed by atoms with van der Waals surface area (Å²) in [4.78, 5) is 26.6. The minimum absolute atomic E-state index is 0.343. The van der Waals surface area contributed by atoms with Gasteiger partial charge in [-0.3, -0.25) is 9.78 Å². The lowest BCUT2D eigenvalue weighted by atomic mass is 10.5. The molecule has 0 unspecified atom stereocenters. The second-order valence-electron chi connectivity index (χ2n) is 2.20. The third kappa shape index (κ3) is 1.03. The van der Waals surface area contributed by atoms with Crippen molar-refractivity contribution in [3.63, 3.8) is 0 Å². The van der Waals surface area contributed by atoms with Crippen LogP contribution in [0.25, 0.3) is 10.2 Å². The number of H-pyrrole nitrogens is 2. The van der Waals surface area contributed by atoms with Crippen LogP contribution >= 0.6 is 27.3 Å². The fraction of sp³-hybridized carbons (Fsp3) is 0. The third-order valence-corrected chi connectivity index (χ3v) is 3.33. The van der Waals surface area contributed by atoms with Crippen LogP contribution in [0, 0.1) is 0 Å². The lowest BCUT2D eigenvalue weighted by Gasteiger charge is -1.87. The van der Waals surface area contributed by atoms with Gasteiger partial charge in [-0.05, 0) is 15.9 Å². The Bertz CT molecular complexity index is 538. The first-order valence-electron chi connectivity index (χ1n) is 3.08. The Balaban J connectivity index is 3.13. The normalized spacial score (nSPS) is 10.8. The summed E-state index contributed by atoms with van der Waals surface area (Å²) in [5, 5.41) is 1.76. The Morgan fingerprint density at radius 2 is 2.08 bits per heavy atom. The van der Waals surface area contributed by atoms with Crippen LogP contribution in [0.3, 0.4) is 0 Å². The van der Waals surface area contributed by atoms with Crippen molar-refractivity contribution in [3.05, 3.63) is 30.7 Å². The molecular weight excluding hydrogens is 244 g/mol. The topological polar surface area (TPSA) is 65.7 Å². The van der Waals surface area contributed by atoms with Crippen molar-refractivity contribution in [1.82, 2.24) is 9.97 Å². The van der Waals surface area contributed by atoms with Crippen LogP contribution in [0.5, 0.6) is 0 Å². The zero-order chi connectivity index (χ0) is 8.72. The Morgan fingerprint density at radius 3 is 2.83 bits per heavy atom. The van der Waals surface area contributed by atoms with E-state index in [0.29, 0.717) is 10.2 Å². The van der Waals surface area contributed by atoms with E-state index in [1.807, 2.05) is 0 Å². The number of aromatic amines is 2. The maximum Gasteiger partial charge on any atom is 0.326 e. The van der Waals surface area contributed by atoms with E-state index in [-0.39, 0.29) is 5.56 Å². The Labute approximate surface area is 78.4 Å². The van der Waals surface area contributed by atoms with Gasteiger partial charge in [0.1, 0.15) is 4.70 Å². The van der Waals surface area contributed by atoms with E-state index in [2.05, 4.69) is 25.9 Å². The highest BCUT2D eigenvalue weighted by Gasteiger charge is 2.05. The van der Waals surface area contributed by atoms with E-state index in [4.69, 9.17) is 0 Å². The van der Waals surface area contributed by atoms with Gasteiger partial charge in [-0.1, -0.05) is 0 Å². The number of aromatic nitrogens is 2. The summed E-state index contributed by atoms with van der Waals surface area (Å²) < 4.78 is 1.27. The van der Waals surface area contributed by atoms with Crippen LogP contribution in [0.15, 0.2) is 19.4 Å². The lowest BCUT2D eigenvalue weighted by Crippen LogP contribution is -2.20. The number of hydrogen-bond donors (Lipinski definition) is 2. The molecule has 0 radical (unpaired) electrons. The monoisotopic (exact) mass is 246 g/mol. The first-order valence-corrected chi connectivity index (χ1v) is 4.75. The fourth-order valence-corrected chi connectivity index (χ4v) is 2.41. The van der Waals surface area contributed by atoms with Crippen LogP contribution in [0.1, 0.15) is 0 Å². The van der Waals surface area contributed by atoms with Crippen LogP contribution < -0.4 is 11.2 Å². The molecule has 0 aliphatic rings. The zero-order valence-electron chi connectivity index (χ0n) is 5.68. The Morgan fingerprint density at radius 1 is 1.33 bits per heavy atom. The zero-order valence-corrected chi connectivity index (χ0v) is 8.08. The SMILES string of the molecule is O=c1[nH]c(=O)c2scc(Br)c2[nH]1. The van der Waals surface area contributed by atoms with E-state index >= 15 is 0 Å². The van der Waals surface area contributed by atoms with Crippen molar-refractivity contribution in [2.75, 3.05) is 0 Å². The highest BCUT2D eigenvalue weighted by Crippen LogP contribution is 2.24. The average Bonchev–Trinajstić information content (AvgIpc) is 2.33. The minimum Gasteiger partial charge on any atom is -0.305 e.